The van der Waals surface area contributed by atoms with Crippen LogP contribution < -0.4 is 5.73 Å². The van der Waals surface area contributed by atoms with E-state index in [1.807, 2.05) is 19.1 Å². The molecule has 2 heterocycles. The Balaban J connectivity index is 2.59. The fourth-order valence-electron chi connectivity index (χ4n) is 1.23. The lowest BCUT2D eigenvalue weighted by Crippen LogP contribution is -1.91. The van der Waals surface area contributed by atoms with Crippen molar-refractivity contribution in [2.24, 2.45) is 0 Å². The number of anilines is 1. The second kappa shape index (κ2) is 2.90. The maximum absolute atomic E-state index is 5.71. The van der Waals surface area contributed by atoms with Gasteiger partial charge in [-0.2, -0.15) is 5.10 Å². The molecule has 0 saturated carbocycles. The van der Waals surface area contributed by atoms with E-state index in [0.29, 0.717) is 5.69 Å². The molecule has 0 spiro atoms. The lowest BCUT2D eigenvalue weighted by Gasteiger charge is -2.01. The van der Waals surface area contributed by atoms with Gasteiger partial charge in [0, 0.05) is 6.20 Å². The van der Waals surface area contributed by atoms with E-state index in [1.54, 1.807) is 12.4 Å². The van der Waals surface area contributed by atoms with Gasteiger partial charge in [0.05, 0.1) is 17.6 Å². The molecule has 0 aliphatic carbocycles. The maximum Gasteiger partial charge on any atom is 0.107 e. The van der Waals surface area contributed by atoms with E-state index in [9.17, 15) is 0 Å². The minimum atomic E-state index is 0.627. The molecule has 0 atom stereocenters. The highest BCUT2D eigenvalue weighted by Crippen LogP contribution is 2.22. The molecule has 0 fully saturated rings. The first kappa shape index (κ1) is 7.79. The zero-order valence-corrected chi connectivity index (χ0v) is 7.28. The van der Waals surface area contributed by atoms with Gasteiger partial charge in [0.25, 0.3) is 0 Å². The molecule has 2 rings (SSSR count). The van der Waals surface area contributed by atoms with E-state index in [1.165, 1.54) is 0 Å². The molecule has 2 aromatic rings. The van der Waals surface area contributed by atoms with E-state index in [0.717, 1.165) is 17.0 Å². The van der Waals surface area contributed by atoms with Crippen molar-refractivity contribution in [3.63, 3.8) is 0 Å². The summed E-state index contributed by atoms with van der Waals surface area (Å²) in [6.07, 6.45) is 3.33. The van der Waals surface area contributed by atoms with Crippen LogP contribution in [-0.2, 0) is 0 Å². The lowest BCUT2D eigenvalue weighted by molar-refractivity contribution is 1.08. The topological polar surface area (TPSA) is 67.6 Å². The number of aromatic nitrogens is 3. The highest BCUT2D eigenvalue weighted by Gasteiger charge is 2.07. The van der Waals surface area contributed by atoms with E-state index in [-0.39, 0.29) is 0 Å². The molecule has 0 bridgehead atoms. The normalized spacial score (nSPS) is 10.2. The third-order valence-corrected chi connectivity index (χ3v) is 1.91. The van der Waals surface area contributed by atoms with Gasteiger partial charge in [0.15, 0.2) is 0 Å². The van der Waals surface area contributed by atoms with Gasteiger partial charge in [-0.25, -0.2) is 0 Å². The number of nitrogens with one attached hydrogen (secondary N) is 1. The smallest absolute Gasteiger partial charge is 0.107 e. The molecular weight excluding hydrogens is 164 g/mol. The monoisotopic (exact) mass is 174 g/mol. The molecule has 0 amide bonds. The number of H-pyrrole nitrogens is 1. The van der Waals surface area contributed by atoms with Gasteiger partial charge in [0.2, 0.25) is 0 Å². The Morgan fingerprint density at radius 3 is 2.92 bits per heavy atom. The number of nitrogens with zero attached hydrogens (tertiary/aromatic N) is 2. The highest BCUT2D eigenvalue weighted by molar-refractivity contribution is 5.70. The summed E-state index contributed by atoms with van der Waals surface area (Å²) < 4.78 is 0. The highest BCUT2D eigenvalue weighted by atomic mass is 15.1. The average Bonchev–Trinajstić information content (AvgIpc) is 2.52. The molecule has 0 aliphatic rings. The van der Waals surface area contributed by atoms with Crippen molar-refractivity contribution in [3.8, 4) is 11.4 Å². The van der Waals surface area contributed by atoms with Gasteiger partial charge < -0.3 is 5.73 Å². The predicted molar refractivity (Wildman–Crippen MR) is 51.0 cm³/mol. The Hall–Kier alpha value is -1.84. The molecule has 4 heteroatoms. The van der Waals surface area contributed by atoms with E-state index in [2.05, 4.69) is 15.2 Å². The molecule has 4 nitrogen and oxygen atoms in total. The Kier molecular flexibility index (Phi) is 1.73. The fraction of sp³-hybridized carbons (Fsp3) is 0.111. The summed E-state index contributed by atoms with van der Waals surface area (Å²) >= 11 is 0. The summed E-state index contributed by atoms with van der Waals surface area (Å²) in [5, 5.41) is 6.67. The van der Waals surface area contributed by atoms with Crippen molar-refractivity contribution >= 4 is 5.69 Å². The third kappa shape index (κ3) is 1.26. The molecule has 2 aromatic heterocycles. The average molecular weight is 174 g/mol. The summed E-state index contributed by atoms with van der Waals surface area (Å²) in [6.45, 7) is 1.99. The zero-order chi connectivity index (χ0) is 9.26. The number of aromatic amines is 1. The van der Waals surface area contributed by atoms with Gasteiger partial charge in [-0.15, -0.1) is 0 Å². The minimum Gasteiger partial charge on any atom is -0.396 e. The van der Waals surface area contributed by atoms with Crippen molar-refractivity contribution < 1.29 is 0 Å². The van der Waals surface area contributed by atoms with E-state index < -0.39 is 0 Å². The van der Waals surface area contributed by atoms with Gasteiger partial charge in [-0.3, -0.25) is 10.1 Å². The zero-order valence-electron chi connectivity index (χ0n) is 7.28. The van der Waals surface area contributed by atoms with Crippen molar-refractivity contribution in [1.82, 2.24) is 15.2 Å². The molecular formula is C9H10N4. The van der Waals surface area contributed by atoms with Crippen molar-refractivity contribution in [2.45, 2.75) is 6.92 Å². The van der Waals surface area contributed by atoms with Crippen molar-refractivity contribution in [3.05, 3.63) is 30.1 Å². The number of hydrogen-bond acceptors (Lipinski definition) is 3. The van der Waals surface area contributed by atoms with Crippen LogP contribution in [0.3, 0.4) is 0 Å². The SMILES string of the molecule is Cc1cccnc1-c1[nH]ncc1N. The number of hydrogen-bond donors (Lipinski definition) is 2. The molecule has 0 saturated heterocycles. The number of aryl methyl sites for hydroxylation is 1. The molecule has 0 aromatic carbocycles. The van der Waals surface area contributed by atoms with Crippen LogP contribution in [-0.4, -0.2) is 15.2 Å². The van der Waals surface area contributed by atoms with Crippen LogP contribution in [0.15, 0.2) is 24.5 Å². The second-order valence-corrected chi connectivity index (χ2v) is 2.87. The second-order valence-electron chi connectivity index (χ2n) is 2.87. The predicted octanol–water partition coefficient (Wildman–Crippen LogP) is 1.36. The van der Waals surface area contributed by atoms with Crippen LogP contribution in [0.4, 0.5) is 5.69 Å². The van der Waals surface area contributed by atoms with Gasteiger partial charge in [0.1, 0.15) is 5.69 Å². The van der Waals surface area contributed by atoms with Crippen LogP contribution in [0.5, 0.6) is 0 Å². The first-order chi connectivity index (χ1) is 6.29. The molecule has 0 radical (unpaired) electrons. The first-order valence-electron chi connectivity index (χ1n) is 4.00. The van der Waals surface area contributed by atoms with Crippen LogP contribution in [0, 0.1) is 6.92 Å². The standard InChI is InChI=1S/C9H10N4/c1-6-3-2-4-11-8(6)9-7(10)5-12-13-9/h2-5H,10H2,1H3,(H,12,13). The summed E-state index contributed by atoms with van der Waals surface area (Å²) in [7, 11) is 0. The van der Waals surface area contributed by atoms with E-state index >= 15 is 0 Å². The van der Waals surface area contributed by atoms with Crippen LogP contribution in [0.25, 0.3) is 11.4 Å². The maximum atomic E-state index is 5.71. The summed E-state index contributed by atoms with van der Waals surface area (Å²) in [4.78, 5) is 4.23. The Bertz CT molecular complexity index is 419. The molecule has 13 heavy (non-hydrogen) atoms. The fourth-order valence-corrected chi connectivity index (χ4v) is 1.23. The number of nitrogens with two attached hydrogens (primary N) is 1. The molecule has 3 N–H and O–H groups in total. The largest absolute Gasteiger partial charge is 0.396 e. The Morgan fingerprint density at radius 1 is 1.46 bits per heavy atom. The van der Waals surface area contributed by atoms with Crippen molar-refractivity contribution in [1.29, 1.82) is 0 Å². The summed E-state index contributed by atoms with van der Waals surface area (Å²) in [5.41, 5.74) is 9.06. The Morgan fingerprint density at radius 2 is 2.31 bits per heavy atom. The molecule has 0 unspecified atom stereocenters. The first-order valence-corrected chi connectivity index (χ1v) is 4.00. The number of nitrogen functional groups attached to an aromatic ring is 1. The lowest BCUT2D eigenvalue weighted by atomic mass is 10.1. The molecule has 0 aliphatic heterocycles. The van der Waals surface area contributed by atoms with Crippen LogP contribution in [0.1, 0.15) is 5.56 Å². The quantitative estimate of drug-likeness (QED) is 0.686. The van der Waals surface area contributed by atoms with E-state index in [4.69, 9.17) is 5.73 Å². The number of rotatable bonds is 1. The van der Waals surface area contributed by atoms with Gasteiger partial charge in [-0.1, -0.05) is 6.07 Å². The molecule has 66 valence electrons. The van der Waals surface area contributed by atoms with Crippen LogP contribution >= 0.6 is 0 Å². The summed E-state index contributed by atoms with van der Waals surface area (Å²) in [6, 6.07) is 3.88. The number of pyridine rings is 1. The third-order valence-electron chi connectivity index (χ3n) is 1.91. The van der Waals surface area contributed by atoms with Crippen molar-refractivity contribution in [2.75, 3.05) is 5.73 Å². The summed E-state index contributed by atoms with van der Waals surface area (Å²) in [5.74, 6) is 0. The van der Waals surface area contributed by atoms with Gasteiger partial charge >= 0.3 is 0 Å². The van der Waals surface area contributed by atoms with Crippen LogP contribution in [0.2, 0.25) is 0 Å². The van der Waals surface area contributed by atoms with Gasteiger partial charge in [-0.05, 0) is 18.6 Å². The minimum absolute atomic E-state index is 0.627. The Labute approximate surface area is 75.8 Å².